The molecule has 1 unspecified atom stereocenters. The van der Waals surface area contributed by atoms with Crippen LogP contribution in [-0.2, 0) is 28.6 Å². The van der Waals surface area contributed by atoms with E-state index in [-0.39, 0.29) is 31.1 Å². The maximum atomic E-state index is 12.9. The van der Waals surface area contributed by atoms with Crippen molar-refractivity contribution >= 4 is 17.9 Å². The van der Waals surface area contributed by atoms with Crippen LogP contribution >= 0.6 is 0 Å². The summed E-state index contributed by atoms with van der Waals surface area (Å²) in [7, 11) is 0. The van der Waals surface area contributed by atoms with Crippen LogP contribution < -0.4 is 0 Å². The molecular weight excluding hydrogens is 889 g/mol. The van der Waals surface area contributed by atoms with Gasteiger partial charge in [0, 0.05) is 19.3 Å². The average Bonchev–Trinajstić information content (AvgIpc) is 3.38. The topological polar surface area (TPSA) is 78.9 Å². The Hall–Kier alpha value is -3.41. The first kappa shape index (κ1) is 68.6. The first-order chi connectivity index (χ1) is 35.5. The second kappa shape index (κ2) is 60.1. The van der Waals surface area contributed by atoms with Gasteiger partial charge in [0.05, 0.1) is 0 Å². The van der Waals surface area contributed by atoms with Crippen LogP contribution in [0.15, 0.2) is 85.1 Å². The normalized spacial score (nSPS) is 12.7. The molecule has 414 valence electrons. The summed E-state index contributed by atoms with van der Waals surface area (Å²) in [5.74, 6) is -0.887. The van der Waals surface area contributed by atoms with Crippen molar-refractivity contribution < 1.29 is 28.6 Å². The molecule has 6 heteroatoms. The van der Waals surface area contributed by atoms with Gasteiger partial charge in [0.15, 0.2) is 6.10 Å². The lowest BCUT2D eigenvalue weighted by atomic mass is 10.0. The SMILES string of the molecule is CC/C=C\C/C=C\C/C=C\C/C=C\C/C=C\C/C=C\CCCCCCCCCCC(=O)OCC(COC(=O)CCCCCCCCCCCCCC)OC(=O)CCCCCCC/C=C\CCCCCCCC. The molecule has 72 heavy (non-hydrogen) atoms. The molecule has 0 aromatic rings. The highest BCUT2D eigenvalue weighted by atomic mass is 16.6. The van der Waals surface area contributed by atoms with Crippen molar-refractivity contribution in [3.8, 4) is 0 Å². The summed E-state index contributed by atoms with van der Waals surface area (Å²) in [4.78, 5) is 38.2. The minimum atomic E-state index is -0.783. The minimum Gasteiger partial charge on any atom is -0.462 e. The van der Waals surface area contributed by atoms with E-state index in [1.54, 1.807) is 0 Å². The number of hydrogen-bond acceptors (Lipinski definition) is 6. The van der Waals surface area contributed by atoms with Gasteiger partial charge in [0.25, 0.3) is 0 Å². The molecule has 0 saturated carbocycles. The highest BCUT2D eigenvalue weighted by Crippen LogP contribution is 2.16. The van der Waals surface area contributed by atoms with Gasteiger partial charge in [0.2, 0.25) is 0 Å². The van der Waals surface area contributed by atoms with Crippen LogP contribution in [-0.4, -0.2) is 37.2 Å². The zero-order chi connectivity index (χ0) is 52.2. The van der Waals surface area contributed by atoms with Gasteiger partial charge < -0.3 is 14.2 Å². The third kappa shape index (κ3) is 57.5. The molecule has 6 nitrogen and oxygen atoms in total. The fraction of sp³-hybridized carbons (Fsp3) is 0.742. The lowest BCUT2D eigenvalue weighted by Crippen LogP contribution is -2.30. The van der Waals surface area contributed by atoms with Crippen LogP contribution in [0, 0.1) is 0 Å². The van der Waals surface area contributed by atoms with Crippen LogP contribution in [0.2, 0.25) is 0 Å². The molecule has 0 bridgehead atoms. The first-order valence-electron chi connectivity index (χ1n) is 30.6. The van der Waals surface area contributed by atoms with Gasteiger partial charge >= 0.3 is 17.9 Å². The monoisotopic (exact) mass is 1000 g/mol. The van der Waals surface area contributed by atoms with Gasteiger partial charge in [-0.25, -0.2) is 0 Å². The van der Waals surface area contributed by atoms with Crippen molar-refractivity contribution in [3.63, 3.8) is 0 Å². The lowest BCUT2D eigenvalue weighted by Gasteiger charge is -2.18. The zero-order valence-corrected chi connectivity index (χ0v) is 47.4. The van der Waals surface area contributed by atoms with E-state index in [2.05, 4.69) is 106 Å². The van der Waals surface area contributed by atoms with E-state index in [1.807, 2.05) is 0 Å². The summed E-state index contributed by atoms with van der Waals surface area (Å²) in [6.07, 6.45) is 78.6. The predicted molar refractivity (Wildman–Crippen MR) is 311 cm³/mol. The van der Waals surface area contributed by atoms with E-state index >= 15 is 0 Å². The highest BCUT2D eigenvalue weighted by molar-refractivity contribution is 5.71. The molecule has 0 aliphatic carbocycles. The van der Waals surface area contributed by atoms with Gasteiger partial charge in [-0.3, -0.25) is 14.4 Å². The Labute approximate surface area is 445 Å². The van der Waals surface area contributed by atoms with E-state index in [9.17, 15) is 14.4 Å². The van der Waals surface area contributed by atoms with E-state index in [0.717, 1.165) is 116 Å². The third-order valence-electron chi connectivity index (χ3n) is 13.1. The standard InChI is InChI=1S/C66H114O6/c1-4-7-10-13-16-19-22-25-27-28-29-30-31-32-33-34-35-36-37-38-40-41-44-47-50-53-56-59-65(68)71-62-63(61-70-64(67)58-55-52-49-46-43-24-21-18-15-12-9-6-3)72-66(69)60-57-54-51-48-45-42-39-26-23-20-17-14-11-8-5-2/h7,10,16,19,25-27,29-30,32-33,35-36,39,63H,4-6,8-9,11-15,17-18,20-24,28,31,34,37-38,40-62H2,1-3H3/b10-7-,19-16-,27-25-,30-29-,33-32-,36-35-,39-26-. The molecule has 1 atom stereocenters. The quantitative estimate of drug-likeness (QED) is 0.0261. The summed E-state index contributed by atoms with van der Waals surface area (Å²) in [5, 5.41) is 0. The van der Waals surface area contributed by atoms with Crippen molar-refractivity contribution in [1.82, 2.24) is 0 Å². The summed E-state index contributed by atoms with van der Waals surface area (Å²) >= 11 is 0. The largest absolute Gasteiger partial charge is 0.462 e. The maximum Gasteiger partial charge on any atom is 0.306 e. The van der Waals surface area contributed by atoms with Crippen molar-refractivity contribution in [2.75, 3.05) is 13.2 Å². The van der Waals surface area contributed by atoms with E-state index in [4.69, 9.17) is 14.2 Å². The Kier molecular flexibility index (Phi) is 57.3. The Bertz CT molecular complexity index is 1380. The molecule has 0 heterocycles. The van der Waals surface area contributed by atoms with Gasteiger partial charge in [-0.1, -0.05) is 266 Å². The Morgan fingerprint density at radius 2 is 0.542 bits per heavy atom. The molecule has 0 N–H and O–H groups in total. The van der Waals surface area contributed by atoms with Crippen LogP contribution in [0.1, 0.15) is 297 Å². The van der Waals surface area contributed by atoms with Crippen molar-refractivity contribution in [3.05, 3.63) is 85.1 Å². The predicted octanol–water partition coefficient (Wildman–Crippen LogP) is 20.7. The van der Waals surface area contributed by atoms with E-state index in [1.165, 1.54) is 141 Å². The fourth-order valence-corrected chi connectivity index (χ4v) is 8.56. The van der Waals surface area contributed by atoms with Crippen LogP contribution in [0.4, 0.5) is 0 Å². The molecule has 0 aromatic carbocycles. The number of unbranched alkanes of at least 4 members (excludes halogenated alkanes) is 30. The number of ether oxygens (including phenoxy) is 3. The number of allylic oxidation sites excluding steroid dienone is 14. The van der Waals surface area contributed by atoms with Gasteiger partial charge in [0.1, 0.15) is 13.2 Å². The van der Waals surface area contributed by atoms with Gasteiger partial charge in [-0.2, -0.15) is 0 Å². The highest BCUT2D eigenvalue weighted by Gasteiger charge is 2.19. The molecule has 0 aliphatic rings. The number of rotatable bonds is 55. The summed E-state index contributed by atoms with van der Waals surface area (Å²) in [6, 6.07) is 0. The Balaban J connectivity index is 4.30. The molecule has 0 radical (unpaired) electrons. The van der Waals surface area contributed by atoms with Crippen molar-refractivity contribution in [1.29, 1.82) is 0 Å². The van der Waals surface area contributed by atoms with Crippen molar-refractivity contribution in [2.45, 2.75) is 303 Å². The average molecular weight is 1000 g/mol. The van der Waals surface area contributed by atoms with Gasteiger partial charge in [-0.05, 0) is 96.3 Å². The number of carbonyl (C=O) groups excluding carboxylic acids is 3. The first-order valence-corrected chi connectivity index (χ1v) is 30.6. The maximum absolute atomic E-state index is 12.9. The van der Waals surface area contributed by atoms with Crippen molar-refractivity contribution in [2.24, 2.45) is 0 Å². The van der Waals surface area contributed by atoms with E-state index in [0.29, 0.717) is 19.3 Å². The molecule has 0 fully saturated rings. The van der Waals surface area contributed by atoms with Crippen LogP contribution in [0.5, 0.6) is 0 Å². The second-order valence-electron chi connectivity index (χ2n) is 20.2. The van der Waals surface area contributed by atoms with Crippen LogP contribution in [0.3, 0.4) is 0 Å². The summed E-state index contributed by atoms with van der Waals surface area (Å²) in [6.45, 7) is 6.52. The molecular formula is C66H114O6. The second-order valence-corrected chi connectivity index (χ2v) is 20.2. The Morgan fingerprint density at radius 1 is 0.292 bits per heavy atom. The van der Waals surface area contributed by atoms with E-state index < -0.39 is 6.10 Å². The molecule has 0 spiro atoms. The van der Waals surface area contributed by atoms with Gasteiger partial charge in [-0.15, -0.1) is 0 Å². The molecule has 0 aromatic heterocycles. The number of carbonyl (C=O) groups is 3. The molecule has 0 saturated heterocycles. The number of esters is 3. The smallest absolute Gasteiger partial charge is 0.306 e. The Morgan fingerprint density at radius 3 is 0.861 bits per heavy atom. The summed E-state index contributed by atoms with van der Waals surface area (Å²) in [5.41, 5.74) is 0. The zero-order valence-electron chi connectivity index (χ0n) is 47.4. The summed E-state index contributed by atoms with van der Waals surface area (Å²) < 4.78 is 16.9. The minimum absolute atomic E-state index is 0.0795. The van der Waals surface area contributed by atoms with Crippen LogP contribution in [0.25, 0.3) is 0 Å². The molecule has 0 amide bonds. The molecule has 0 aliphatic heterocycles. The lowest BCUT2D eigenvalue weighted by molar-refractivity contribution is -0.167. The molecule has 0 rings (SSSR count). The fourth-order valence-electron chi connectivity index (χ4n) is 8.56. The third-order valence-corrected chi connectivity index (χ3v) is 13.1. The number of hydrogen-bond donors (Lipinski definition) is 0.